The van der Waals surface area contributed by atoms with Crippen LogP contribution >= 0.6 is 11.8 Å². The molecule has 7 nitrogen and oxygen atoms in total. The lowest BCUT2D eigenvalue weighted by atomic mass is 9.90. The molecule has 1 N–H and O–H groups in total. The Bertz CT molecular complexity index is 1550. The Labute approximate surface area is 238 Å². The summed E-state index contributed by atoms with van der Waals surface area (Å²) in [6.45, 7) is 4.14. The molecular weight excluding hydrogens is 553 g/mol. The van der Waals surface area contributed by atoms with E-state index in [0.717, 1.165) is 38.3 Å². The van der Waals surface area contributed by atoms with Gasteiger partial charge in [-0.05, 0) is 84.7 Å². The molecule has 0 amide bonds. The van der Waals surface area contributed by atoms with E-state index >= 15 is 4.39 Å². The van der Waals surface area contributed by atoms with Crippen LogP contribution in [-0.2, 0) is 21.1 Å². The second-order valence-corrected chi connectivity index (χ2v) is 13.9. The highest BCUT2D eigenvalue weighted by molar-refractivity contribution is 7.99. The molecule has 2 atom stereocenters. The number of aromatic nitrogens is 1. The van der Waals surface area contributed by atoms with Gasteiger partial charge in [-0.25, -0.2) is 17.8 Å². The van der Waals surface area contributed by atoms with E-state index in [-0.39, 0.29) is 36.6 Å². The second kappa shape index (κ2) is 11.4. The molecule has 3 aromatic rings. The van der Waals surface area contributed by atoms with Crippen LogP contribution in [0.2, 0.25) is 0 Å². The van der Waals surface area contributed by atoms with Crippen LogP contribution in [0.4, 0.5) is 4.39 Å². The van der Waals surface area contributed by atoms with Crippen LogP contribution < -0.4 is 9.47 Å². The van der Waals surface area contributed by atoms with Gasteiger partial charge in [-0.2, -0.15) is 0 Å². The average Bonchev–Trinajstić information content (AvgIpc) is 3.45. The summed E-state index contributed by atoms with van der Waals surface area (Å²) in [5.74, 6) is 0.741. The number of sulfone groups is 1. The average molecular weight is 586 g/mol. The first-order chi connectivity index (χ1) is 19.0. The van der Waals surface area contributed by atoms with Crippen molar-refractivity contribution in [2.24, 2.45) is 0 Å². The van der Waals surface area contributed by atoms with Gasteiger partial charge in [0.1, 0.15) is 27.5 Å². The molecule has 1 aliphatic heterocycles. The number of carbonyl (C=O) groups is 1. The van der Waals surface area contributed by atoms with Gasteiger partial charge in [-0.15, -0.1) is 11.8 Å². The topological polar surface area (TPSA) is 103 Å². The van der Waals surface area contributed by atoms with Crippen LogP contribution in [0.5, 0.6) is 11.6 Å². The van der Waals surface area contributed by atoms with E-state index in [2.05, 4.69) is 4.98 Å². The zero-order valence-electron chi connectivity index (χ0n) is 22.7. The highest BCUT2D eigenvalue weighted by atomic mass is 32.2. The monoisotopic (exact) mass is 585 g/mol. The number of carboxylic acid groups (broad SMARTS) is 1. The summed E-state index contributed by atoms with van der Waals surface area (Å²) in [7, 11) is -3.04. The van der Waals surface area contributed by atoms with Gasteiger partial charge in [-0.1, -0.05) is 6.07 Å². The van der Waals surface area contributed by atoms with E-state index in [4.69, 9.17) is 9.47 Å². The number of pyridine rings is 1. The van der Waals surface area contributed by atoms with Crippen molar-refractivity contribution < 1.29 is 32.2 Å². The standard InChI is InChI=1S/C30H32FNO6S2/c1-17-11-20(37-9-4-10-40(3,35)36)12-18(2)29(17)30-22-6-8-25(21(22)5-7-24(30)31)38-27-14-26-23(15-32-27)19(16-39-26)13-28(33)34/h5,7,11-12,14-15,19,25H,4,6,8-10,13,16H2,1-3H3,(H,33,34)/t19-,25?/m1/s1. The molecule has 10 heteroatoms. The lowest BCUT2D eigenvalue weighted by Crippen LogP contribution is -2.08. The molecule has 5 rings (SSSR count). The zero-order valence-corrected chi connectivity index (χ0v) is 24.3. The third-order valence-corrected chi connectivity index (χ3v) is 9.68. The molecule has 1 aliphatic carbocycles. The molecule has 0 spiro atoms. The Balaban J connectivity index is 1.36. The maximum absolute atomic E-state index is 15.4. The number of hydrogen-bond acceptors (Lipinski definition) is 7. The van der Waals surface area contributed by atoms with Crippen molar-refractivity contribution in [1.82, 2.24) is 4.98 Å². The van der Waals surface area contributed by atoms with E-state index in [1.807, 2.05) is 32.0 Å². The van der Waals surface area contributed by atoms with Crippen LogP contribution in [0, 0.1) is 19.7 Å². The number of nitrogens with zero attached hydrogens (tertiary/aromatic N) is 1. The lowest BCUT2D eigenvalue weighted by Gasteiger charge is -2.19. The lowest BCUT2D eigenvalue weighted by molar-refractivity contribution is -0.137. The summed E-state index contributed by atoms with van der Waals surface area (Å²) >= 11 is 1.62. The first kappa shape index (κ1) is 28.4. The summed E-state index contributed by atoms with van der Waals surface area (Å²) in [5.41, 5.74) is 5.98. The number of thioether (sulfide) groups is 1. The highest BCUT2D eigenvalue weighted by Gasteiger charge is 2.31. The smallest absolute Gasteiger partial charge is 0.303 e. The van der Waals surface area contributed by atoms with E-state index in [1.54, 1.807) is 24.0 Å². The zero-order chi connectivity index (χ0) is 28.6. The van der Waals surface area contributed by atoms with Gasteiger partial charge in [0.15, 0.2) is 0 Å². The summed E-state index contributed by atoms with van der Waals surface area (Å²) in [6, 6.07) is 8.91. The molecule has 0 saturated heterocycles. The number of hydrogen-bond donors (Lipinski definition) is 1. The van der Waals surface area contributed by atoms with Gasteiger partial charge in [0, 0.05) is 40.6 Å². The maximum atomic E-state index is 15.4. The number of rotatable bonds is 10. The van der Waals surface area contributed by atoms with Gasteiger partial charge in [0.05, 0.1) is 18.8 Å². The molecule has 2 aromatic carbocycles. The Kier molecular flexibility index (Phi) is 8.10. The van der Waals surface area contributed by atoms with E-state index < -0.39 is 15.8 Å². The van der Waals surface area contributed by atoms with Crippen molar-refractivity contribution in [3.8, 4) is 22.8 Å². The predicted octanol–water partition coefficient (Wildman–Crippen LogP) is 6.05. The third-order valence-electron chi connectivity index (χ3n) is 7.42. The Morgan fingerprint density at radius 3 is 2.60 bits per heavy atom. The largest absolute Gasteiger partial charge is 0.494 e. The summed E-state index contributed by atoms with van der Waals surface area (Å²) in [5, 5.41) is 9.17. The SMILES string of the molecule is Cc1cc(OCCCS(C)(=O)=O)cc(C)c1-c1c(F)ccc2c1CCC2Oc1cc2c(cn1)[C@H](CC(=O)O)CS2. The predicted molar refractivity (Wildman–Crippen MR) is 153 cm³/mol. The van der Waals surface area contributed by atoms with E-state index in [9.17, 15) is 18.3 Å². The van der Waals surface area contributed by atoms with Crippen LogP contribution in [0.1, 0.15) is 59.1 Å². The molecule has 40 heavy (non-hydrogen) atoms. The van der Waals surface area contributed by atoms with Crippen LogP contribution in [-0.4, -0.2) is 48.8 Å². The number of carboxylic acids is 1. The fourth-order valence-corrected chi connectivity index (χ4v) is 7.56. The summed E-state index contributed by atoms with van der Waals surface area (Å²) in [6.07, 6.45) is 4.51. The molecule has 0 radical (unpaired) electrons. The number of aryl methyl sites for hydroxylation is 2. The fraction of sp³-hybridized carbons (Fsp3) is 0.400. The molecule has 0 bridgehead atoms. The minimum absolute atomic E-state index is 0.0486. The van der Waals surface area contributed by atoms with Crippen LogP contribution in [0.15, 0.2) is 41.4 Å². The first-order valence-corrected chi connectivity index (χ1v) is 16.3. The van der Waals surface area contributed by atoms with Gasteiger partial charge < -0.3 is 14.6 Å². The van der Waals surface area contributed by atoms with Gasteiger partial charge in [0.25, 0.3) is 0 Å². The number of benzene rings is 2. The van der Waals surface area contributed by atoms with Crippen molar-refractivity contribution >= 4 is 27.6 Å². The van der Waals surface area contributed by atoms with Crippen LogP contribution in [0.3, 0.4) is 0 Å². The number of halogens is 1. The molecule has 2 heterocycles. The van der Waals surface area contributed by atoms with Gasteiger partial charge >= 0.3 is 5.97 Å². The molecule has 212 valence electrons. The minimum Gasteiger partial charge on any atom is -0.494 e. The molecule has 0 fully saturated rings. The number of aliphatic carboxylic acids is 1. The van der Waals surface area contributed by atoms with Crippen molar-refractivity contribution in [2.75, 3.05) is 24.4 Å². The molecule has 0 saturated carbocycles. The second-order valence-electron chi connectivity index (χ2n) is 10.6. The van der Waals surface area contributed by atoms with Crippen molar-refractivity contribution in [2.45, 2.75) is 56.4 Å². The Morgan fingerprint density at radius 1 is 1.15 bits per heavy atom. The summed E-state index contributed by atoms with van der Waals surface area (Å²) < 4.78 is 50.2. The normalized spacial score (nSPS) is 17.9. The quantitative estimate of drug-likeness (QED) is 0.287. The van der Waals surface area contributed by atoms with Gasteiger partial charge in [0.2, 0.25) is 5.88 Å². The van der Waals surface area contributed by atoms with Crippen molar-refractivity contribution in [3.63, 3.8) is 0 Å². The van der Waals surface area contributed by atoms with Crippen molar-refractivity contribution in [1.29, 1.82) is 0 Å². The molecule has 1 unspecified atom stereocenters. The van der Waals surface area contributed by atoms with Gasteiger partial charge in [-0.3, -0.25) is 4.79 Å². The van der Waals surface area contributed by atoms with E-state index in [0.29, 0.717) is 42.2 Å². The summed E-state index contributed by atoms with van der Waals surface area (Å²) in [4.78, 5) is 16.6. The molecular formula is C30H32FNO6S2. The highest BCUT2D eigenvalue weighted by Crippen LogP contribution is 2.45. The maximum Gasteiger partial charge on any atom is 0.303 e. The Morgan fingerprint density at radius 2 is 1.90 bits per heavy atom. The fourth-order valence-electron chi connectivity index (χ4n) is 5.67. The molecule has 2 aliphatic rings. The van der Waals surface area contributed by atoms with Crippen molar-refractivity contribution in [3.05, 3.63) is 70.2 Å². The first-order valence-electron chi connectivity index (χ1n) is 13.2. The Hall–Kier alpha value is -3.11. The number of fused-ring (bicyclic) bond motifs is 2. The van der Waals surface area contributed by atoms with E-state index in [1.165, 1.54) is 12.3 Å². The number of ether oxygens (including phenoxy) is 2. The van der Waals surface area contributed by atoms with Crippen LogP contribution in [0.25, 0.3) is 11.1 Å². The molecule has 1 aromatic heterocycles. The third kappa shape index (κ3) is 6.12. The minimum atomic E-state index is -3.04.